The zero-order valence-electron chi connectivity index (χ0n) is 18.0. The van der Waals surface area contributed by atoms with Crippen LogP contribution in [0, 0.1) is 0 Å². The summed E-state index contributed by atoms with van der Waals surface area (Å²) >= 11 is 9.53. The van der Waals surface area contributed by atoms with Gasteiger partial charge in [-0.3, -0.25) is 14.4 Å². The van der Waals surface area contributed by atoms with Crippen LogP contribution in [-0.4, -0.2) is 24.3 Å². The van der Waals surface area contributed by atoms with Gasteiger partial charge in [-0.2, -0.15) is 0 Å². The number of rotatable bonds is 7. The summed E-state index contributed by atoms with van der Waals surface area (Å²) in [6.07, 6.45) is 0. The van der Waals surface area contributed by atoms with E-state index in [0.717, 1.165) is 9.37 Å². The summed E-state index contributed by atoms with van der Waals surface area (Å²) in [5.74, 6) is -1.01. The third-order valence-corrected chi connectivity index (χ3v) is 5.82. The molecule has 0 aliphatic carbocycles. The number of hydrogen-bond acceptors (Lipinski definition) is 5. The van der Waals surface area contributed by atoms with Crippen molar-refractivity contribution in [2.45, 2.75) is 6.92 Å². The summed E-state index contributed by atoms with van der Waals surface area (Å²) in [6, 6.07) is 20.4. The number of ether oxygens (including phenoxy) is 1. The molecule has 0 atom stereocenters. The van der Waals surface area contributed by atoms with Gasteiger partial charge in [-0.1, -0.05) is 45.7 Å². The number of carbonyl (C=O) groups is 3. The molecule has 0 unspecified atom stereocenters. The molecule has 1 heterocycles. The molecule has 1 aliphatic heterocycles. The zero-order valence-corrected chi connectivity index (χ0v) is 20.3. The molecular formula is C25H19BrClN3O4. The summed E-state index contributed by atoms with van der Waals surface area (Å²) in [7, 11) is 0. The predicted molar refractivity (Wildman–Crippen MR) is 135 cm³/mol. The van der Waals surface area contributed by atoms with Crippen molar-refractivity contribution < 1.29 is 19.1 Å². The highest BCUT2D eigenvalue weighted by Crippen LogP contribution is 2.31. The van der Waals surface area contributed by atoms with E-state index in [0.29, 0.717) is 35.0 Å². The first kappa shape index (κ1) is 23.5. The molecule has 0 aromatic heterocycles. The molecule has 34 heavy (non-hydrogen) atoms. The number of amides is 3. The Kier molecular flexibility index (Phi) is 7.00. The minimum absolute atomic E-state index is 0.0613. The molecule has 9 heteroatoms. The third kappa shape index (κ3) is 4.83. The Morgan fingerprint density at radius 1 is 1.00 bits per heavy atom. The summed E-state index contributed by atoms with van der Waals surface area (Å²) in [5, 5.41) is 5.49. The fraction of sp³-hybridized carbons (Fsp3) is 0.0800. The van der Waals surface area contributed by atoms with Crippen molar-refractivity contribution >= 4 is 62.3 Å². The molecule has 172 valence electrons. The van der Waals surface area contributed by atoms with Gasteiger partial charge in [0.1, 0.15) is 16.5 Å². The second-order valence-corrected chi connectivity index (χ2v) is 8.49. The van der Waals surface area contributed by atoms with E-state index < -0.39 is 11.8 Å². The molecule has 1 aliphatic rings. The average molecular weight is 541 g/mol. The van der Waals surface area contributed by atoms with E-state index in [-0.39, 0.29) is 16.6 Å². The number of carbonyl (C=O) groups excluding carboxylic acids is 3. The van der Waals surface area contributed by atoms with Gasteiger partial charge >= 0.3 is 0 Å². The number of halogens is 2. The predicted octanol–water partition coefficient (Wildman–Crippen LogP) is 5.54. The molecule has 3 amide bonds. The Balaban J connectivity index is 1.53. The molecule has 0 radical (unpaired) electrons. The highest BCUT2D eigenvalue weighted by atomic mass is 79.9. The number of nitrogens with one attached hydrogen (secondary N) is 2. The number of anilines is 3. The van der Waals surface area contributed by atoms with Crippen molar-refractivity contribution in [3.8, 4) is 5.75 Å². The number of para-hydroxylation sites is 2. The van der Waals surface area contributed by atoms with E-state index in [1.54, 1.807) is 66.7 Å². The summed E-state index contributed by atoms with van der Waals surface area (Å²) in [5.41, 5.74) is 1.65. The molecule has 0 spiro atoms. The van der Waals surface area contributed by atoms with Gasteiger partial charge in [-0.15, -0.1) is 0 Å². The molecule has 0 saturated carbocycles. The molecule has 3 aromatic carbocycles. The second-order valence-electron chi connectivity index (χ2n) is 7.20. The van der Waals surface area contributed by atoms with Crippen LogP contribution < -0.4 is 20.3 Å². The van der Waals surface area contributed by atoms with E-state index in [2.05, 4.69) is 26.6 Å². The van der Waals surface area contributed by atoms with E-state index in [4.69, 9.17) is 16.3 Å². The van der Waals surface area contributed by atoms with E-state index in [1.165, 1.54) is 0 Å². The smallest absolute Gasteiger partial charge is 0.283 e. The third-order valence-electron chi connectivity index (χ3n) is 4.94. The highest BCUT2D eigenvalue weighted by molar-refractivity contribution is 9.10. The molecule has 0 fully saturated rings. The quantitative estimate of drug-likeness (QED) is 0.385. The van der Waals surface area contributed by atoms with Crippen molar-refractivity contribution in [1.29, 1.82) is 0 Å². The summed E-state index contributed by atoms with van der Waals surface area (Å²) < 4.78 is 6.36. The standard InChI is InChI=1S/C25H19BrClN3O4/c1-2-34-20-9-4-3-8-19(20)29-23(31)15-6-5-7-17(14-15)28-22-21(27)24(32)30(25(22)33)18-12-10-16(26)11-13-18/h3-14,28H,2H2,1H3,(H,29,31). The first-order chi connectivity index (χ1) is 16.4. The topological polar surface area (TPSA) is 87.7 Å². The van der Waals surface area contributed by atoms with Crippen molar-refractivity contribution in [3.63, 3.8) is 0 Å². The van der Waals surface area contributed by atoms with Crippen molar-refractivity contribution in [2.75, 3.05) is 22.1 Å². The van der Waals surface area contributed by atoms with E-state index >= 15 is 0 Å². The second kappa shape index (κ2) is 10.1. The highest BCUT2D eigenvalue weighted by Gasteiger charge is 2.39. The number of benzene rings is 3. The molecule has 7 nitrogen and oxygen atoms in total. The van der Waals surface area contributed by atoms with Crippen LogP contribution in [0.3, 0.4) is 0 Å². The fourth-order valence-electron chi connectivity index (χ4n) is 3.36. The molecule has 0 saturated heterocycles. The maximum absolute atomic E-state index is 13.0. The normalized spacial score (nSPS) is 13.3. The molecular weight excluding hydrogens is 522 g/mol. The van der Waals surface area contributed by atoms with Crippen LogP contribution in [0.4, 0.5) is 17.1 Å². The lowest BCUT2D eigenvalue weighted by Crippen LogP contribution is -2.32. The van der Waals surface area contributed by atoms with Crippen LogP contribution in [0.5, 0.6) is 5.75 Å². The molecule has 3 aromatic rings. The molecule has 4 rings (SSSR count). The minimum atomic E-state index is -0.627. The van der Waals surface area contributed by atoms with Gasteiger partial charge in [0.05, 0.1) is 18.0 Å². The monoisotopic (exact) mass is 539 g/mol. The first-order valence-electron chi connectivity index (χ1n) is 10.3. The van der Waals surface area contributed by atoms with Gasteiger partial charge in [-0.25, -0.2) is 4.90 Å². The lowest BCUT2D eigenvalue weighted by molar-refractivity contribution is -0.120. The number of imide groups is 1. The number of hydrogen-bond donors (Lipinski definition) is 2. The van der Waals surface area contributed by atoms with Crippen LogP contribution in [0.2, 0.25) is 0 Å². The van der Waals surface area contributed by atoms with Crippen LogP contribution in [0.1, 0.15) is 17.3 Å². The van der Waals surface area contributed by atoms with Crippen molar-refractivity contribution in [3.05, 3.63) is 93.6 Å². The minimum Gasteiger partial charge on any atom is -0.492 e. The van der Waals surface area contributed by atoms with Gasteiger partial charge in [0, 0.05) is 15.7 Å². The largest absolute Gasteiger partial charge is 0.492 e. The Hall–Kier alpha value is -3.62. The van der Waals surface area contributed by atoms with Crippen LogP contribution >= 0.6 is 27.5 Å². The van der Waals surface area contributed by atoms with Crippen LogP contribution in [-0.2, 0) is 9.59 Å². The SMILES string of the molecule is CCOc1ccccc1NC(=O)c1cccc(NC2=C(Cl)C(=O)N(c3ccc(Br)cc3)C2=O)c1. The van der Waals surface area contributed by atoms with Crippen molar-refractivity contribution in [1.82, 2.24) is 0 Å². The molecule has 2 N–H and O–H groups in total. The van der Waals surface area contributed by atoms with Gasteiger partial charge in [-0.05, 0) is 61.5 Å². The lowest BCUT2D eigenvalue weighted by atomic mass is 10.1. The Morgan fingerprint density at radius 3 is 2.47 bits per heavy atom. The number of nitrogens with zero attached hydrogens (tertiary/aromatic N) is 1. The maximum Gasteiger partial charge on any atom is 0.283 e. The molecule has 0 bridgehead atoms. The summed E-state index contributed by atoms with van der Waals surface area (Å²) in [6.45, 7) is 2.33. The van der Waals surface area contributed by atoms with Crippen LogP contribution in [0.25, 0.3) is 0 Å². The summed E-state index contributed by atoms with van der Waals surface area (Å²) in [4.78, 5) is 39.5. The van der Waals surface area contributed by atoms with Gasteiger partial charge in [0.2, 0.25) is 0 Å². The Morgan fingerprint density at radius 2 is 1.74 bits per heavy atom. The van der Waals surface area contributed by atoms with Gasteiger partial charge in [0.15, 0.2) is 0 Å². The van der Waals surface area contributed by atoms with Crippen molar-refractivity contribution in [2.24, 2.45) is 0 Å². The fourth-order valence-corrected chi connectivity index (χ4v) is 3.84. The van der Waals surface area contributed by atoms with E-state index in [9.17, 15) is 14.4 Å². The van der Waals surface area contributed by atoms with Gasteiger partial charge < -0.3 is 15.4 Å². The Bertz CT molecular complexity index is 1310. The van der Waals surface area contributed by atoms with E-state index in [1.807, 2.05) is 13.0 Å². The average Bonchev–Trinajstić information content (AvgIpc) is 3.04. The lowest BCUT2D eigenvalue weighted by Gasteiger charge is -2.15. The van der Waals surface area contributed by atoms with Gasteiger partial charge in [0.25, 0.3) is 17.7 Å². The first-order valence-corrected chi connectivity index (χ1v) is 11.5. The van der Waals surface area contributed by atoms with Crippen LogP contribution in [0.15, 0.2) is 88.0 Å². The maximum atomic E-state index is 13.0. The Labute approximate surface area is 209 Å². The zero-order chi connectivity index (χ0) is 24.2.